The Kier molecular flexibility index (Phi) is 6.23. The molecule has 1 aliphatic heterocycles. The van der Waals surface area contributed by atoms with Crippen LogP contribution in [-0.2, 0) is 4.79 Å². The molecule has 1 aromatic carbocycles. The zero-order chi connectivity index (χ0) is 17.7. The van der Waals surface area contributed by atoms with Crippen LogP contribution in [0.5, 0.6) is 5.75 Å². The molecule has 0 aliphatic carbocycles. The number of amides is 2. The first-order valence-corrected chi connectivity index (χ1v) is 8.70. The number of hydrogen-bond acceptors (Lipinski definition) is 3. The summed E-state index contributed by atoms with van der Waals surface area (Å²) < 4.78 is 5.43. The van der Waals surface area contributed by atoms with Gasteiger partial charge in [0, 0.05) is 32.6 Å². The first-order chi connectivity index (χ1) is 11.5. The molecular formula is C19H28N2O3. The fraction of sp³-hybridized carbons (Fsp3) is 0.579. The molecule has 24 heavy (non-hydrogen) atoms. The zero-order valence-electron chi connectivity index (χ0n) is 15.2. The van der Waals surface area contributed by atoms with E-state index in [1.807, 2.05) is 42.7 Å². The maximum atomic E-state index is 13.0. The molecule has 0 bridgehead atoms. The van der Waals surface area contributed by atoms with Crippen LogP contribution in [0.1, 0.15) is 47.7 Å². The monoisotopic (exact) mass is 332 g/mol. The summed E-state index contributed by atoms with van der Waals surface area (Å²) in [6.45, 7) is 8.53. The maximum absolute atomic E-state index is 13.0. The van der Waals surface area contributed by atoms with Gasteiger partial charge in [0.2, 0.25) is 5.91 Å². The second kappa shape index (κ2) is 8.18. The summed E-state index contributed by atoms with van der Waals surface area (Å²) in [6, 6.07) is 3.90. The van der Waals surface area contributed by atoms with E-state index in [4.69, 9.17) is 4.74 Å². The third kappa shape index (κ3) is 4.08. The van der Waals surface area contributed by atoms with E-state index >= 15 is 0 Å². The van der Waals surface area contributed by atoms with Crippen LogP contribution in [0.3, 0.4) is 0 Å². The lowest BCUT2D eigenvalue weighted by atomic mass is 10.0. The highest BCUT2D eigenvalue weighted by Gasteiger charge is 2.25. The van der Waals surface area contributed by atoms with Gasteiger partial charge in [0.15, 0.2) is 0 Å². The number of methoxy groups -OCH3 is 1. The highest BCUT2D eigenvalue weighted by molar-refractivity contribution is 5.98. The SMILES string of the molecule is CCCC(=O)N1CCCN(C(=O)c2c(C)cc(C)cc2OC)CC1. The van der Waals surface area contributed by atoms with Gasteiger partial charge in [-0.3, -0.25) is 9.59 Å². The number of rotatable bonds is 4. The average molecular weight is 332 g/mol. The largest absolute Gasteiger partial charge is 0.496 e. The average Bonchev–Trinajstić information content (AvgIpc) is 2.79. The van der Waals surface area contributed by atoms with Gasteiger partial charge in [-0.1, -0.05) is 13.0 Å². The number of carbonyl (C=O) groups is 2. The van der Waals surface area contributed by atoms with Gasteiger partial charge in [-0.2, -0.15) is 0 Å². The third-order valence-corrected chi connectivity index (χ3v) is 4.48. The van der Waals surface area contributed by atoms with Crippen LogP contribution in [0.25, 0.3) is 0 Å². The van der Waals surface area contributed by atoms with Crippen molar-refractivity contribution in [3.8, 4) is 5.75 Å². The lowest BCUT2D eigenvalue weighted by Gasteiger charge is -2.24. The lowest BCUT2D eigenvalue weighted by Crippen LogP contribution is -2.37. The number of carbonyl (C=O) groups excluding carboxylic acids is 2. The topological polar surface area (TPSA) is 49.9 Å². The number of nitrogens with zero attached hydrogens (tertiary/aromatic N) is 2. The Balaban J connectivity index is 2.15. The molecule has 0 atom stereocenters. The van der Waals surface area contributed by atoms with E-state index in [0.717, 1.165) is 30.5 Å². The molecule has 0 unspecified atom stereocenters. The standard InChI is InChI=1S/C19H28N2O3/c1-5-7-17(22)20-8-6-9-21(11-10-20)19(23)18-15(3)12-14(2)13-16(18)24-4/h12-13H,5-11H2,1-4H3. The van der Waals surface area contributed by atoms with E-state index in [0.29, 0.717) is 37.4 Å². The summed E-state index contributed by atoms with van der Waals surface area (Å²) in [5.74, 6) is 0.811. The smallest absolute Gasteiger partial charge is 0.257 e. The van der Waals surface area contributed by atoms with Crippen molar-refractivity contribution in [2.75, 3.05) is 33.3 Å². The van der Waals surface area contributed by atoms with Gasteiger partial charge in [-0.15, -0.1) is 0 Å². The summed E-state index contributed by atoms with van der Waals surface area (Å²) >= 11 is 0. The molecule has 1 saturated heterocycles. The zero-order valence-corrected chi connectivity index (χ0v) is 15.2. The van der Waals surface area contributed by atoms with Crippen molar-refractivity contribution in [3.05, 3.63) is 28.8 Å². The van der Waals surface area contributed by atoms with Gasteiger partial charge in [0.05, 0.1) is 12.7 Å². The minimum Gasteiger partial charge on any atom is -0.496 e. The number of ether oxygens (including phenoxy) is 1. The predicted molar refractivity (Wildman–Crippen MR) is 94.5 cm³/mol. The van der Waals surface area contributed by atoms with Gasteiger partial charge in [0.1, 0.15) is 5.75 Å². The number of benzene rings is 1. The Morgan fingerprint density at radius 3 is 2.42 bits per heavy atom. The van der Waals surface area contributed by atoms with Crippen LogP contribution >= 0.6 is 0 Å². The molecule has 1 heterocycles. The molecular weight excluding hydrogens is 304 g/mol. The van der Waals surface area contributed by atoms with E-state index in [-0.39, 0.29) is 11.8 Å². The van der Waals surface area contributed by atoms with E-state index < -0.39 is 0 Å². The quantitative estimate of drug-likeness (QED) is 0.852. The van der Waals surface area contributed by atoms with Gasteiger partial charge in [-0.05, 0) is 43.9 Å². The summed E-state index contributed by atoms with van der Waals surface area (Å²) in [7, 11) is 1.60. The number of aryl methyl sites for hydroxylation is 2. The fourth-order valence-electron chi connectivity index (χ4n) is 3.26. The van der Waals surface area contributed by atoms with Gasteiger partial charge >= 0.3 is 0 Å². The fourth-order valence-corrected chi connectivity index (χ4v) is 3.26. The Morgan fingerprint density at radius 2 is 1.75 bits per heavy atom. The van der Waals surface area contributed by atoms with Crippen molar-refractivity contribution in [1.29, 1.82) is 0 Å². The van der Waals surface area contributed by atoms with Gasteiger partial charge in [0.25, 0.3) is 5.91 Å². The van der Waals surface area contributed by atoms with E-state index in [1.165, 1.54) is 0 Å². The summed E-state index contributed by atoms with van der Waals surface area (Å²) in [5.41, 5.74) is 2.64. The minimum atomic E-state index is -0.00543. The molecule has 0 aromatic heterocycles. The molecule has 2 rings (SSSR count). The third-order valence-electron chi connectivity index (χ3n) is 4.48. The molecule has 132 valence electrons. The molecule has 5 heteroatoms. The van der Waals surface area contributed by atoms with Crippen molar-refractivity contribution in [2.24, 2.45) is 0 Å². The molecule has 0 saturated carbocycles. The van der Waals surface area contributed by atoms with Crippen molar-refractivity contribution in [1.82, 2.24) is 9.80 Å². The van der Waals surface area contributed by atoms with Crippen LogP contribution in [0.15, 0.2) is 12.1 Å². The molecule has 0 radical (unpaired) electrons. The van der Waals surface area contributed by atoms with Crippen molar-refractivity contribution in [2.45, 2.75) is 40.0 Å². The minimum absolute atomic E-state index is 0.00543. The second-order valence-electron chi connectivity index (χ2n) is 6.44. The van der Waals surface area contributed by atoms with Crippen molar-refractivity contribution < 1.29 is 14.3 Å². The van der Waals surface area contributed by atoms with Crippen molar-refractivity contribution >= 4 is 11.8 Å². The maximum Gasteiger partial charge on any atom is 0.257 e. The van der Waals surface area contributed by atoms with Gasteiger partial charge < -0.3 is 14.5 Å². The molecule has 0 N–H and O–H groups in total. The highest BCUT2D eigenvalue weighted by Crippen LogP contribution is 2.26. The second-order valence-corrected chi connectivity index (χ2v) is 6.44. The van der Waals surface area contributed by atoms with E-state index in [2.05, 4.69) is 0 Å². The van der Waals surface area contributed by atoms with E-state index in [9.17, 15) is 9.59 Å². The molecule has 1 aliphatic rings. The predicted octanol–water partition coefficient (Wildman–Crippen LogP) is 2.79. The Labute approximate surface area is 144 Å². The first kappa shape index (κ1) is 18.3. The van der Waals surface area contributed by atoms with E-state index in [1.54, 1.807) is 7.11 Å². The molecule has 1 aromatic rings. The summed E-state index contributed by atoms with van der Waals surface area (Å²) in [5, 5.41) is 0. The molecule has 5 nitrogen and oxygen atoms in total. The summed E-state index contributed by atoms with van der Waals surface area (Å²) in [6.07, 6.45) is 2.25. The number of hydrogen-bond donors (Lipinski definition) is 0. The Hall–Kier alpha value is -2.04. The lowest BCUT2D eigenvalue weighted by molar-refractivity contribution is -0.131. The molecule has 0 spiro atoms. The molecule has 1 fully saturated rings. The normalized spacial score (nSPS) is 15.2. The Morgan fingerprint density at radius 1 is 1.08 bits per heavy atom. The molecule has 2 amide bonds. The van der Waals surface area contributed by atoms with Crippen LogP contribution in [0.4, 0.5) is 0 Å². The van der Waals surface area contributed by atoms with Crippen LogP contribution in [0, 0.1) is 13.8 Å². The van der Waals surface area contributed by atoms with Crippen LogP contribution in [0.2, 0.25) is 0 Å². The van der Waals surface area contributed by atoms with Crippen molar-refractivity contribution in [3.63, 3.8) is 0 Å². The first-order valence-electron chi connectivity index (χ1n) is 8.70. The summed E-state index contributed by atoms with van der Waals surface area (Å²) in [4.78, 5) is 28.8. The highest BCUT2D eigenvalue weighted by atomic mass is 16.5. The Bertz CT molecular complexity index is 613. The van der Waals surface area contributed by atoms with Crippen LogP contribution in [-0.4, -0.2) is 54.9 Å². The van der Waals surface area contributed by atoms with Gasteiger partial charge in [-0.25, -0.2) is 0 Å². The van der Waals surface area contributed by atoms with Crippen LogP contribution < -0.4 is 4.74 Å².